The van der Waals surface area contributed by atoms with E-state index in [-0.39, 0.29) is 45.1 Å². The highest BCUT2D eigenvalue weighted by Gasteiger charge is 2.46. The molecule has 7 N–H and O–H groups in total. The molecule has 5 rings (SSSR count). The standard InChI is InChI=1S/C44H39N7O11/c1-24(2)62-36-34(22-21-33(35(36)52)41(56)47-31-19-13-29(14-20-31)43(58)59)49-39(54)27-9-17-32(18-10-27)48-42(57)37(44(3,4)51(60)61)50-40(55)28-11-15-30(16-12-28)46-38(53)26-7-5-25(23-45)6-8-26/h5-22,24,37,52H,1-4H3,(H,46,53)(H,47,56)(H,48,57)(H,49,54)(H,50,55)(H,58,59). The van der Waals surface area contributed by atoms with Crippen LogP contribution in [0.5, 0.6) is 11.5 Å². The molecule has 1 atom stereocenters. The molecule has 18 nitrogen and oxygen atoms in total. The quantitative estimate of drug-likeness (QED) is 0.0452. The Morgan fingerprint density at radius 1 is 0.661 bits per heavy atom. The Kier molecular flexibility index (Phi) is 13.6. The van der Waals surface area contributed by atoms with E-state index in [0.717, 1.165) is 0 Å². The highest BCUT2D eigenvalue weighted by Crippen LogP contribution is 2.39. The lowest BCUT2D eigenvalue weighted by Crippen LogP contribution is -2.59. The fourth-order valence-electron chi connectivity index (χ4n) is 5.70. The summed E-state index contributed by atoms with van der Waals surface area (Å²) in [6, 6.07) is 25.2. The first-order valence-corrected chi connectivity index (χ1v) is 18.6. The van der Waals surface area contributed by atoms with Crippen LogP contribution >= 0.6 is 0 Å². The van der Waals surface area contributed by atoms with Crippen molar-refractivity contribution in [3.63, 3.8) is 0 Å². The van der Waals surface area contributed by atoms with Gasteiger partial charge in [0.25, 0.3) is 29.5 Å². The van der Waals surface area contributed by atoms with E-state index in [2.05, 4.69) is 26.6 Å². The van der Waals surface area contributed by atoms with Gasteiger partial charge in [0.05, 0.1) is 34.6 Å². The maximum absolute atomic E-state index is 13.6. The van der Waals surface area contributed by atoms with Crippen molar-refractivity contribution in [2.24, 2.45) is 0 Å². The number of phenols is 1. The Morgan fingerprint density at radius 2 is 1.11 bits per heavy atom. The van der Waals surface area contributed by atoms with Gasteiger partial charge in [-0.1, -0.05) is 0 Å². The molecule has 0 spiro atoms. The molecule has 0 radical (unpaired) electrons. The number of rotatable bonds is 15. The van der Waals surface area contributed by atoms with E-state index in [1.807, 2.05) is 6.07 Å². The maximum Gasteiger partial charge on any atom is 0.335 e. The molecule has 0 aromatic heterocycles. The lowest BCUT2D eigenvalue weighted by atomic mass is 9.94. The molecule has 0 aliphatic heterocycles. The smallest absolute Gasteiger partial charge is 0.335 e. The first-order chi connectivity index (χ1) is 29.4. The molecule has 316 valence electrons. The number of carboxylic acid groups (broad SMARTS) is 1. The zero-order valence-corrected chi connectivity index (χ0v) is 33.5. The number of anilines is 4. The molecule has 0 aliphatic carbocycles. The Morgan fingerprint density at radius 3 is 1.60 bits per heavy atom. The zero-order valence-electron chi connectivity index (χ0n) is 33.5. The molecule has 5 amide bonds. The first-order valence-electron chi connectivity index (χ1n) is 18.6. The van der Waals surface area contributed by atoms with Gasteiger partial charge >= 0.3 is 5.97 Å². The number of nitrogens with zero attached hydrogens (tertiary/aromatic N) is 2. The van der Waals surface area contributed by atoms with E-state index in [1.54, 1.807) is 13.8 Å². The summed E-state index contributed by atoms with van der Waals surface area (Å²) in [5, 5.41) is 54.1. The minimum absolute atomic E-state index is 0.0120. The van der Waals surface area contributed by atoms with Crippen LogP contribution in [0, 0.1) is 21.4 Å². The number of carboxylic acids is 1. The summed E-state index contributed by atoms with van der Waals surface area (Å²) in [4.78, 5) is 88.4. The topological polar surface area (TPSA) is 279 Å². The summed E-state index contributed by atoms with van der Waals surface area (Å²) >= 11 is 0. The van der Waals surface area contributed by atoms with Crippen LogP contribution in [-0.4, -0.2) is 68.3 Å². The number of carbonyl (C=O) groups excluding carboxylic acids is 5. The van der Waals surface area contributed by atoms with E-state index in [0.29, 0.717) is 16.8 Å². The number of hydrogen-bond acceptors (Lipinski definition) is 11. The average molecular weight is 842 g/mol. The predicted molar refractivity (Wildman–Crippen MR) is 226 cm³/mol. The number of nitriles is 1. The van der Waals surface area contributed by atoms with Crippen LogP contribution in [0.15, 0.2) is 109 Å². The monoisotopic (exact) mass is 841 g/mol. The highest BCUT2D eigenvalue weighted by atomic mass is 16.6. The van der Waals surface area contributed by atoms with Crippen molar-refractivity contribution in [3.05, 3.63) is 153 Å². The molecule has 0 saturated heterocycles. The highest BCUT2D eigenvalue weighted by molar-refractivity contribution is 6.10. The number of aromatic carboxylic acids is 1. The van der Waals surface area contributed by atoms with Crippen LogP contribution in [0.3, 0.4) is 0 Å². The van der Waals surface area contributed by atoms with Gasteiger partial charge in [0.2, 0.25) is 5.54 Å². The number of nitro groups is 1. The van der Waals surface area contributed by atoms with Crippen molar-refractivity contribution in [1.29, 1.82) is 5.26 Å². The number of carbonyl (C=O) groups is 6. The molecule has 5 aromatic carbocycles. The van der Waals surface area contributed by atoms with Crippen LogP contribution in [0.4, 0.5) is 22.7 Å². The molecule has 1 unspecified atom stereocenters. The summed E-state index contributed by atoms with van der Waals surface area (Å²) in [5.74, 6) is -5.54. The third-order valence-corrected chi connectivity index (χ3v) is 9.18. The van der Waals surface area contributed by atoms with Gasteiger partial charge in [0.15, 0.2) is 17.5 Å². The number of ether oxygens (including phenoxy) is 1. The van der Waals surface area contributed by atoms with Gasteiger partial charge in [-0.05, 0) is 123 Å². The van der Waals surface area contributed by atoms with E-state index < -0.39 is 63.9 Å². The van der Waals surface area contributed by atoms with E-state index >= 15 is 0 Å². The molecule has 0 bridgehead atoms. The van der Waals surface area contributed by atoms with Crippen molar-refractivity contribution < 1.29 is 48.6 Å². The van der Waals surface area contributed by atoms with Gasteiger partial charge < -0.3 is 41.5 Å². The van der Waals surface area contributed by atoms with Crippen molar-refractivity contribution in [2.45, 2.75) is 45.4 Å². The Hall–Kier alpha value is -8.59. The minimum Gasteiger partial charge on any atom is -0.504 e. The summed E-state index contributed by atoms with van der Waals surface area (Å²) in [6.45, 7) is 5.67. The van der Waals surface area contributed by atoms with Gasteiger partial charge in [-0.25, -0.2) is 4.79 Å². The molecular weight excluding hydrogens is 803 g/mol. The fourth-order valence-corrected chi connectivity index (χ4v) is 5.70. The number of phenolic OH excluding ortho intramolecular Hbond substituents is 1. The number of aromatic hydroxyl groups is 1. The predicted octanol–water partition coefficient (Wildman–Crippen LogP) is 6.30. The molecular formula is C44H39N7O11. The van der Waals surface area contributed by atoms with Crippen LogP contribution in [-0.2, 0) is 4.79 Å². The number of amides is 5. The van der Waals surface area contributed by atoms with E-state index in [9.17, 15) is 44.0 Å². The van der Waals surface area contributed by atoms with E-state index in [4.69, 9.17) is 15.1 Å². The average Bonchev–Trinajstić information content (AvgIpc) is 3.24. The Bertz CT molecular complexity index is 2590. The number of nitrogens with one attached hydrogen (secondary N) is 5. The second kappa shape index (κ2) is 19.0. The molecule has 18 heteroatoms. The lowest BCUT2D eigenvalue weighted by molar-refractivity contribution is -0.562. The molecule has 5 aromatic rings. The molecule has 0 aliphatic rings. The lowest BCUT2D eigenvalue weighted by Gasteiger charge is -2.26. The summed E-state index contributed by atoms with van der Waals surface area (Å²) in [5.41, 5.74) is -0.654. The fraction of sp³-hybridized carbons (Fsp3) is 0.159. The van der Waals surface area contributed by atoms with Crippen LogP contribution in [0.2, 0.25) is 0 Å². The summed E-state index contributed by atoms with van der Waals surface area (Å²) in [7, 11) is 0. The van der Waals surface area contributed by atoms with Crippen LogP contribution < -0.4 is 31.3 Å². The van der Waals surface area contributed by atoms with Crippen LogP contribution in [0.25, 0.3) is 0 Å². The van der Waals surface area contributed by atoms with Gasteiger partial charge in [0.1, 0.15) is 0 Å². The van der Waals surface area contributed by atoms with Crippen molar-refractivity contribution in [2.75, 3.05) is 21.3 Å². The Labute approximate surface area is 353 Å². The normalized spacial score (nSPS) is 11.3. The molecule has 62 heavy (non-hydrogen) atoms. The number of hydrogen-bond donors (Lipinski definition) is 7. The summed E-state index contributed by atoms with van der Waals surface area (Å²) < 4.78 is 5.76. The SMILES string of the molecule is CC(C)Oc1c(NC(=O)c2ccc(NC(=O)C(NC(=O)c3ccc(NC(=O)c4ccc(C#N)cc4)cc3)C(C)(C)[N+](=O)[O-])cc2)ccc(C(=O)Nc2ccc(C(=O)O)cc2)c1O. The third kappa shape index (κ3) is 10.7. The second-order valence-electron chi connectivity index (χ2n) is 14.4. The van der Waals surface area contributed by atoms with Gasteiger partial charge in [-0.15, -0.1) is 0 Å². The number of benzene rings is 5. The largest absolute Gasteiger partial charge is 0.504 e. The van der Waals surface area contributed by atoms with Crippen molar-refractivity contribution >= 4 is 58.3 Å². The molecule has 0 heterocycles. The third-order valence-electron chi connectivity index (χ3n) is 9.18. The zero-order chi connectivity index (χ0) is 45.3. The maximum atomic E-state index is 13.6. The van der Waals surface area contributed by atoms with Crippen molar-refractivity contribution in [1.82, 2.24) is 5.32 Å². The molecule has 0 saturated carbocycles. The molecule has 0 fully saturated rings. The summed E-state index contributed by atoms with van der Waals surface area (Å²) in [6.07, 6.45) is -0.503. The second-order valence-corrected chi connectivity index (χ2v) is 14.4. The van der Waals surface area contributed by atoms with Gasteiger partial charge in [0, 0.05) is 52.5 Å². The van der Waals surface area contributed by atoms with Gasteiger partial charge in [-0.3, -0.25) is 34.1 Å². The Balaban J connectivity index is 1.25. The van der Waals surface area contributed by atoms with E-state index in [1.165, 1.54) is 123 Å². The van der Waals surface area contributed by atoms with Gasteiger partial charge in [-0.2, -0.15) is 5.26 Å². The van der Waals surface area contributed by atoms with Crippen LogP contribution in [0.1, 0.15) is 85.0 Å². The first kappa shape index (κ1) is 44.5. The minimum atomic E-state index is -2.00. The van der Waals surface area contributed by atoms with Crippen molar-refractivity contribution in [3.8, 4) is 17.6 Å².